The van der Waals surface area contributed by atoms with Gasteiger partial charge in [-0.05, 0) is 49.2 Å². The highest BCUT2D eigenvalue weighted by Gasteiger charge is 2.11. The van der Waals surface area contributed by atoms with Crippen molar-refractivity contribution >= 4 is 0 Å². The van der Waals surface area contributed by atoms with Gasteiger partial charge in [0.15, 0.2) is 23.0 Å². The lowest BCUT2D eigenvalue weighted by Crippen LogP contribution is -1.92. The molecular weight excluding hydrogens is 256 g/mol. The van der Waals surface area contributed by atoms with E-state index in [9.17, 15) is 0 Å². The van der Waals surface area contributed by atoms with Gasteiger partial charge in [0.05, 0.1) is 0 Å². The first-order valence-corrected chi connectivity index (χ1v) is 6.45. The number of benzene rings is 2. The molecule has 0 spiro atoms. The molecule has 20 heavy (non-hydrogen) atoms. The number of ether oxygens (including phenoxy) is 4. The minimum atomic E-state index is 0.360. The molecule has 0 N–H and O–H groups in total. The number of rotatable bonds is 0. The summed E-state index contributed by atoms with van der Waals surface area (Å²) in [7, 11) is 0. The van der Waals surface area contributed by atoms with E-state index in [0.717, 1.165) is 23.0 Å². The van der Waals surface area contributed by atoms with Crippen LogP contribution in [-0.2, 0) is 0 Å². The van der Waals surface area contributed by atoms with Gasteiger partial charge in [0.2, 0.25) is 13.6 Å². The smallest absolute Gasteiger partial charge is 0.231 e. The zero-order valence-corrected chi connectivity index (χ0v) is 11.5. The second-order valence-electron chi connectivity index (χ2n) is 4.71. The van der Waals surface area contributed by atoms with Crippen LogP contribution in [0.1, 0.15) is 11.1 Å². The molecule has 2 heterocycles. The topological polar surface area (TPSA) is 36.9 Å². The highest BCUT2D eigenvalue weighted by atomic mass is 16.7. The summed E-state index contributed by atoms with van der Waals surface area (Å²) in [5.41, 5.74) is 2.40. The van der Waals surface area contributed by atoms with Crippen molar-refractivity contribution in [2.24, 2.45) is 0 Å². The lowest BCUT2D eigenvalue weighted by atomic mass is 10.2. The molecule has 0 unspecified atom stereocenters. The molecule has 0 saturated carbocycles. The van der Waals surface area contributed by atoms with E-state index in [-0.39, 0.29) is 0 Å². The van der Waals surface area contributed by atoms with Gasteiger partial charge >= 0.3 is 0 Å². The maximum Gasteiger partial charge on any atom is 0.231 e. The summed E-state index contributed by atoms with van der Waals surface area (Å²) in [6, 6.07) is 11.8. The van der Waals surface area contributed by atoms with Crippen molar-refractivity contribution in [3.63, 3.8) is 0 Å². The molecule has 4 rings (SSSR count). The van der Waals surface area contributed by atoms with Crippen molar-refractivity contribution in [1.29, 1.82) is 0 Å². The minimum Gasteiger partial charge on any atom is -0.454 e. The highest BCUT2D eigenvalue weighted by molar-refractivity contribution is 5.44. The van der Waals surface area contributed by atoms with E-state index < -0.39 is 0 Å². The van der Waals surface area contributed by atoms with E-state index in [0.29, 0.717) is 13.6 Å². The van der Waals surface area contributed by atoms with E-state index in [4.69, 9.17) is 18.9 Å². The first kappa shape index (κ1) is 12.7. The van der Waals surface area contributed by atoms with Crippen LogP contribution in [0.2, 0.25) is 0 Å². The van der Waals surface area contributed by atoms with E-state index in [1.165, 1.54) is 11.1 Å². The molecule has 104 valence electrons. The normalized spacial score (nSPS) is 13.7. The molecule has 2 aromatic rings. The molecule has 2 aliphatic rings. The Morgan fingerprint density at radius 2 is 1.00 bits per heavy atom. The van der Waals surface area contributed by atoms with Crippen molar-refractivity contribution in [3.05, 3.63) is 47.5 Å². The second-order valence-corrected chi connectivity index (χ2v) is 4.71. The zero-order valence-electron chi connectivity index (χ0n) is 11.5. The molecule has 2 aromatic carbocycles. The maximum absolute atomic E-state index is 5.16. The quantitative estimate of drug-likeness (QED) is 0.736. The fraction of sp³-hybridized carbons (Fsp3) is 0.250. The van der Waals surface area contributed by atoms with Gasteiger partial charge in [-0.25, -0.2) is 0 Å². The third kappa shape index (κ3) is 2.64. The highest BCUT2D eigenvalue weighted by Crippen LogP contribution is 2.32. The van der Waals surface area contributed by atoms with Gasteiger partial charge in [0.25, 0.3) is 0 Å². The van der Waals surface area contributed by atoms with E-state index in [1.807, 2.05) is 50.2 Å². The fourth-order valence-electron chi connectivity index (χ4n) is 2.01. The van der Waals surface area contributed by atoms with Crippen LogP contribution in [-0.4, -0.2) is 13.6 Å². The fourth-order valence-corrected chi connectivity index (χ4v) is 2.01. The van der Waals surface area contributed by atoms with Crippen LogP contribution >= 0.6 is 0 Å². The van der Waals surface area contributed by atoms with E-state index >= 15 is 0 Å². The second kappa shape index (κ2) is 5.33. The first-order valence-electron chi connectivity index (χ1n) is 6.45. The van der Waals surface area contributed by atoms with Crippen LogP contribution in [0.5, 0.6) is 23.0 Å². The summed E-state index contributed by atoms with van der Waals surface area (Å²) >= 11 is 0. The van der Waals surface area contributed by atoms with Crippen molar-refractivity contribution in [2.75, 3.05) is 13.6 Å². The average Bonchev–Trinajstić information content (AvgIpc) is 3.06. The summed E-state index contributed by atoms with van der Waals surface area (Å²) in [5.74, 6) is 3.43. The summed E-state index contributed by atoms with van der Waals surface area (Å²) in [6.45, 7) is 4.78. The molecule has 0 saturated heterocycles. The largest absolute Gasteiger partial charge is 0.454 e. The van der Waals surface area contributed by atoms with Gasteiger partial charge in [-0.3, -0.25) is 0 Å². The predicted molar refractivity (Wildman–Crippen MR) is 74.6 cm³/mol. The Morgan fingerprint density at radius 1 is 0.600 bits per heavy atom. The molecule has 0 aromatic heterocycles. The Labute approximate surface area is 117 Å². The Hall–Kier alpha value is -2.36. The van der Waals surface area contributed by atoms with Crippen LogP contribution in [0.15, 0.2) is 36.4 Å². The predicted octanol–water partition coefficient (Wildman–Crippen LogP) is 3.45. The summed E-state index contributed by atoms with van der Waals surface area (Å²) in [6.07, 6.45) is 0. The van der Waals surface area contributed by atoms with Crippen molar-refractivity contribution in [2.45, 2.75) is 13.8 Å². The standard InChI is InChI=1S/2C8H8O2/c2*1-6-2-3-7-8(4-6)10-5-9-7/h2*2-4H,5H2,1H3. The number of hydrogen-bond donors (Lipinski definition) is 0. The monoisotopic (exact) mass is 272 g/mol. The Kier molecular flexibility index (Phi) is 3.37. The molecular formula is C16H16O4. The molecule has 0 amide bonds. The van der Waals surface area contributed by atoms with E-state index in [2.05, 4.69) is 0 Å². The minimum absolute atomic E-state index is 0.360. The third-order valence-corrected chi connectivity index (χ3v) is 3.06. The van der Waals surface area contributed by atoms with Crippen LogP contribution in [0.4, 0.5) is 0 Å². The van der Waals surface area contributed by atoms with Crippen LogP contribution in [0.3, 0.4) is 0 Å². The molecule has 4 heteroatoms. The zero-order chi connectivity index (χ0) is 13.9. The maximum atomic E-state index is 5.16. The molecule has 0 fully saturated rings. The van der Waals surface area contributed by atoms with Gasteiger partial charge in [-0.1, -0.05) is 12.1 Å². The Bertz CT molecular complexity index is 566. The third-order valence-electron chi connectivity index (χ3n) is 3.06. The first-order chi connectivity index (χ1) is 9.72. The van der Waals surface area contributed by atoms with Crippen LogP contribution in [0, 0.1) is 13.8 Å². The summed E-state index contributed by atoms with van der Waals surface area (Å²) < 4.78 is 20.6. The number of aryl methyl sites for hydroxylation is 2. The molecule has 0 aliphatic carbocycles. The Morgan fingerprint density at radius 3 is 1.45 bits per heavy atom. The molecule has 2 aliphatic heterocycles. The summed E-state index contributed by atoms with van der Waals surface area (Å²) in [4.78, 5) is 0. The molecule has 0 bridgehead atoms. The van der Waals surface area contributed by atoms with Gasteiger partial charge in [0.1, 0.15) is 0 Å². The van der Waals surface area contributed by atoms with Crippen LogP contribution < -0.4 is 18.9 Å². The average molecular weight is 272 g/mol. The number of hydrogen-bond acceptors (Lipinski definition) is 4. The Balaban J connectivity index is 0.000000121. The lowest BCUT2D eigenvalue weighted by Gasteiger charge is -1.94. The lowest BCUT2D eigenvalue weighted by molar-refractivity contribution is 0.173. The van der Waals surface area contributed by atoms with Crippen molar-refractivity contribution < 1.29 is 18.9 Å². The number of fused-ring (bicyclic) bond motifs is 2. The van der Waals surface area contributed by atoms with E-state index in [1.54, 1.807) is 0 Å². The van der Waals surface area contributed by atoms with Crippen molar-refractivity contribution in [3.8, 4) is 23.0 Å². The van der Waals surface area contributed by atoms with Crippen LogP contribution in [0.25, 0.3) is 0 Å². The van der Waals surface area contributed by atoms with Gasteiger partial charge in [-0.15, -0.1) is 0 Å². The van der Waals surface area contributed by atoms with Gasteiger partial charge in [0, 0.05) is 0 Å². The SMILES string of the molecule is Cc1ccc2c(c1)OCO2.Cc1ccc2c(c1)OCO2. The molecule has 4 nitrogen and oxygen atoms in total. The van der Waals surface area contributed by atoms with Gasteiger partial charge in [-0.2, -0.15) is 0 Å². The summed E-state index contributed by atoms with van der Waals surface area (Å²) in [5, 5.41) is 0. The molecule has 0 atom stereocenters. The van der Waals surface area contributed by atoms with Crippen molar-refractivity contribution in [1.82, 2.24) is 0 Å². The molecule has 0 radical (unpaired) electrons. The van der Waals surface area contributed by atoms with Gasteiger partial charge < -0.3 is 18.9 Å².